The number of alkyl carbamates (subject to hydrolysis) is 1. The van der Waals surface area contributed by atoms with Gasteiger partial charge in [-0.1, -0.05) is 58.0 Å². The number of aliphatic hydroxyl groups excluding tert-OH is 1. The molecule has 9 nitrogen and oxygen atoms in total. The van der Waals surface area contributed by atoms with Crippen LogP contribution in [0, 0.1) is 16.7 Å². The third-order valence-corrected chi connectivity index (χ3v) is 5.39. The third-order valence-electron chi connectivity index (χ3n) is 5.39. The number of benzene rings is 1. The maximum atomic E-state index is 12.4. The molecule has 0 bridgehead atoms. The lowest BCUT2D eigenvalue weighted by Gasteiger charge is -2.60. The van der Waals surface area contributed by atoms with Crippen molar-refractivity contribution in [1.82, 2.24) is 10.8 Å². The van der Waals surface area contributed by atoms with Crippen LogP contribution in [0.15, 0.2) is 30.3 Å². The molecule has 1 aromatic rings. The first-order chi connectivity index (χ1) is 13.5. The SMILES string of the molecule is CC1(C)C(O)C(C)(C)C1C(=O)NOC[C@H](NC(=O)OCc1ccccc1)C(=O)O. The number of amides is 2. The summed E-state index contributed by atoms with van der Waals surface area (Å²) in [5, 5.41) is 21.6. The van der Waals surface area contributed by atoms with Gasteiger partial charge in [-0.3, -0.25) is 9.63 Å². The van der Waals surface area contributed by atoms with E-state index in [1.165, 1.54) is 0 Å². The Morgan fingerprint density at radius 3 is 2.24 bits per heavy atom. The number of nitrogens with one attached hydrogen (secondary N) is 2. The van der Waals surface area contributed by atoms with Gasteiger partial charge in [0.2, 0.25) is 5.91 Å². The molecule has 1 saturated carbocycles. The van der Waals surface area contributed by atoms with Gasteiger partial charge in [-0.25, -0.2) is 15.1 Å². The van der Waals surface area contributed by atoms with Crippen LogP contribution in [0.25, 0.3) is 0 Å². The van der Waals surface area contributed by atoms with Crippen molar-refractivity contribution < 1.29 is 34.2 Å². The van der Waals surface area contributed by atoms with Crippen molar-refractivity contribution in [2.45, 2.75) is 46.4 Å². The number of hydrogen-bond acceptors (Lipinski definition) is 6. The summed E-state index contributed by atoms with van der Waals surface area (Å²) in [6.07, 6.45) is -1.57. The Bertz CT molecular complexity index is 732. The topological polar surface area (TPSA) is 134 Å². The summed E-state index contributed by atoms with van der Waals surface area (Å²) in [5.41, 5.74) is 1.71. The van der Waals surface area contributed by atoms with Crippen LogP contribution < -0.4 is 10.8 Å². The fourth-order valence-corrected chi connectivity index (χ4v) is 4.15. The molecule has 2 rings (SSSR count). The molecule has 0 saturated heterocycles. The highest BCUT2D eigenvalue weighted by Gasteiger charge is 2.64. The average molecular weight is 408 g/mol. The fourth-order valence-electron chi connectivity index (χ4n) is 4.15. The number of hydroxylamine groups is 1. The highest BCUT2D eigenvalue weighted by atomic mass is 16.7. The van der Waals surface area contributed by atoms with Gasteiger partial charge in [-0.2, -0.15) is 0 Å². The molecule has 0 aromatic heterocycles. The summed E-state index contributed by atoms with van der Waals surface area (Å²) >= 11 is 0. The number of carboxylic acids is 1. The number of hydrogen-bond donors (Lipinski definition) is 4. The van der Waals surface area contributed by atoms with Crippen LogP contribution in [0.3, 0.4) is 0 Å². The summed E-state index contributed by atoms with van der Waals surface area (Å²) < 4.78 is 4.98. The van der Waals surface area contributed by atoms with Gasteiger partial charge in [0.25, 0.3) is 0 Å². The zero-order valence-corrected chi connectivity index (χ0v) is 17.0. The molecule has 1 aliphatic rings. The second-order valence-electron chi connectivity index (χ2n) is 8.35. The van der Waals surface area contributed by atoms with Gasteiger partial charge < -0.3 is 20.3 Å². The average Bonchev–Trinajstić information content (AvgIpc) is 2.65. The zero-order chi connectivity index (χ0) is 21.8. The first kappa shape index (κ1) is 22.6. The van der Waals surface area contributed by atoms with Crippen molar-refractivity contribution in [3.05, 3.63) is 35.9 Å². The van der Waals surface area contributed by atoms with Crippen molar-refractivity contribution in [1.29, 1.82) is 0 Å². The van der Waals surface area contributed by atoms with E-state index in [2.05, 4.69) is 10.8 Å². The van der Waals surface area contributed by atoms with Crippen LogP contribution in [0.2, 0.25) is 0 Å². The van der Waals surface area contributed by atoms with Gasteiger partial charge in [0.05, 0.1) is 12.0 Å². The maximum Gasteiger partial charge on any atom is 0.408 e. The first-order valence-corrected chi connectivity index (χ1v) is 9.27. The normalized spacial score (nSPS) is 22.7. The van der Waals surface area contributed by atoms with Gasteiger partial charge >= 0.3 is 12.1 Å². The van der Waals surface area contributed by atoms with Crippen LogP contribution in [-0.4, -0.2) is 46.9 Å². The minimum absolute atomic E-state index is 0.00915. The van der Waals surface area contributed by atoms with Gasteiger partial charge in [0.15, 0.2) is 6.04 Å². The maximum absolute atomic E-state index is 12.4. The monoisotopic (exact) mass is 408 g/mol. The first-order valence-electron chi connectivity index (χ1n) is 9.27. The fraction of sp³-hybridized carbons (Fsp3) is 0.550. The van der Waals surface area contributed by atoms with E-state index >= 15 is 0 Å². The van der Waals surface area contributed by atoms with E-state index in [4.69, 9.17) is 9.57 Å². The Labute approximate surface area is 169 Å². The lowest BCUT2D eigenvalue weighted by Crippen LogP contribution is -2.67. The number of aliphatic hydroxyl groups is 1. The molecule has 4 N–H and O–H groups in total. The van der Waals surface area contributed by atoms with Gasteiger partial charge in [0.1, 0.15) is 13.2 Å². The molecule has 0 unspecified atom stereocenters. The van der Waals surface area contributed by atoms with E-state index in [1.54, 1.807) is 52.0 Å². The summed E-state index contributed by atoms with van der Waals surface area (Å²) in [6, 6.07) is 7.52. The predicted octanol–water partition coefficient (Wildman–Crippen LogP) is 1.46. The molecule has 1 aliphatic carbocycles. The number of carbonyl (C=O) groups excluding carboxylic acids is 2. The molecule has 160 valence electrons. The Kier molecular flexibility index (Phi) is 6.86. The lowest BCUT2D eigenvalue weighted by atomic mass is 9.45. The van der Waals surface area contributed by atoms with Crippen LogP contribution in [0.5, 0.6) is 0 Å². The van der Waals surface area contributed by atoms with E-state index in [0.717, 1.165) is 5.56 Å². The van der Waals surface area contributed by atoms with Crippen molar-refractivity contribution >= 4 is 18.0 Å². The minimum atomic E-state index is -1.41. The van der Waals surface area contributed by atoms with Crippen LogP contribution >= 0.6 is 0 Å². The number of carboxylic acid groups (broad SMARTS) is 1. The number of ether oxygens (including phenoxy) is 1. The second kappa shape index (κ2) is 8.79. The van der Waals surface area contributed by atoms with Crippen LogP contribution in [0.1, 0.15) is 33.3 Å². The molecule has 29 heavy (non-hydrogen) atoms. The van der Waals surface area contributed by atoms with E-state index in [1.807, 2.05) is 6.07 Å². The van der Waals surface area contributed by atoms with Crippen molar-refractivity contribution in [3.63, 3.8) is 0 Å². The van der Waals surface area contributed by atoms with Gasteiger partial charge in [0, 0.05) is 10.8 Å². The third kappa shape index (κ3) is 5.04. The standard InChI is InChI=1S/C20H28N2O7/c1-19(2)14(20(3,4)17(19)26)15(23)22-29-11-13(16(24)25)21-18(27)28-10-12-8-6-5-7-9-12/h5-9,13-14,17,26H,10-11H2,1-4H3,(H,21,27)(H,22,23)(H,24,25)/t13-,14?,17?/m0/s1. The summed E-state index contributed by atoms with van der Waals surface area (Å²) in [6.45, 7) is 6.60. The molecule has 0 radical (unpaired) electrons. The van der Waals surface area contributed by atoms with E-state index in [9.17, 15) is 24.6 Å². The predicted molar refractivity (Wildman–Crippen MR) is 102 cm³/mol. The molecule has 0 aliphatic heterocycles. The van der Waals surface area contributed by atoms with Gasteiger partial charge in [-0.05, 0) is 5.56 Å². The molecular weight excluding hydrogens is 380 g/mol. The summed E-state index contributed by atoms with van der Waals surface area (Å²) in [4.78, 5) is 40.6. The lowest BCUT2D eigenvalue weighted by molar-refractivity contribution is -0.218. The highest BCUT2D eigenvalue weighted by Crippen LogP contribution is 2.58. The smallest absolute Gasteiger partial charge is 0.408 e. The Morgan fingerprint density at radius 1 is 1.10 bits per heavy atom. The van der Waals surface area contributed by atoms with Crippen LogP contribution in [-0.2, 0) is 25.8 Å². The van der Waals surface area contributed by atoms with Gasteiger partial charge in [-0.15, -0.1) is 0 Å². The van der Waals surface area contributed by atoms with Crippen molar-refractivity contribution in [2.75, 3.05) is 6.61 Å². The summed E-state index contributed by atoms with van der Waals surface area (Å²) in [7, 11) is 0. The van der Waals surface area contributed by atoms with E-state index in [0.29, 0.717) is 0 Å². The molecule has 0 spiro atoms. The molecule has 2 amide bonds. The summed E-state index contributed by atoms with van der Waals surface area (Å²) in [5.74, 6) is -2.31. The molecule has 1 fully saturated rings. The molecule has 1 atom stereocenters. The number of aliphatic carboxylic acids is 1. The largest absolute Gasteiger partial charge is 0.480 e. The highest BCUT2D eigenvalue weighted by molar-refractivity contribution is 5.81. The molecule has 9 heteroatoms. The number of rotatable bonds is 8. The Balaban J connectivity index is 1.81. The number of carbonyl (C=O) groups is 3. The quantitative estimate of drug-likeness (QED) is 0.478. The van der Waals surface area contributed by atoms with E-state index < -0.39 is 53.5 Å². The zero-order valence-electron chi connectivity index (χ0n) is 17.0. The molecule has 1 aromatic carbocycles. The minimum Gasteiger partial charge on any atom is -0.480 e. The van der Waals surface area contributed by atoms with Crippen molar-refractivity contribution in [2.24, 2.45) is 16.7 Å². The second-order valence-corrected chi connectivity index (χ2v) is 8.35. The molecule has 0 heterocycles. The van der Waals surface area contributed by atoms with Crippen LogP contribution in [0.4, 0.5) is 4.79 Å². The molecular formula is C20H28N2O7. The van der Waals surface area contributed by atoms with Crippen molar-refractivity contribution in [3.8, 4) is 0 Å². The Hall–Kier alpha value is -2.65. The van der Waals surface area contributed by atoms with E-state index in [-0.39, 0.29) is 6.61 Å². The Morgan fingerprint density at radius 2 is 1.69 bits per heavy atom.